The first-order valence-electron chi connectivity index (χ1n) is 10.7. The van der Waals surface area contributed by atoms with Crippen molar-refractivity contribution in [3.8, 4) is 0 Å². The van der Waals surface area contributed by atoms with Gasteiger partial charge >= 0.3 is 11.9 Å². The van der Waals surface area contributed by atoms with Crippen molar-refractivity contribution in [2.75, 3.05) is 7.11 Å². The molecular weight excluding hydrogens is 398 g/mol. The molecule has 1 unspecified atom stereocenters. The van der Waals surface area contributed by atoms with Crippen LogP contribution in [-0.4, -0.2) is 46.6 Å². The average Bonchev–Trinajstić information content (AvgIpc) is 3.13. The Hall–Kier alpha value is -2.87. The summed E-state index contributed by atoms with van der Waals surface area (Å²) in [6.45, 7) is 1.65. The summed E-state index contributed by atoms with van der Waals surface area (Å²) in [4.78, 5) is 38.8. The number of fused-ring (bicyclic) bond motifs is 1. The van der Waals surface area contributed by atoms with E-state index in [1.165, 1.54) is 7.11 Å². The number of aliphatic carboxylic acids is 1. The van der Waals surface area contributed by atoms with E-state index >= 15 is 0 Å². The number of aromatic nitrogens is 1. The molecule has 0 bridgehead atoms. The normalized spacial score (nSPS) is 14.0. The van der Waals surface area contributed by atoms with Crippen molar-refractivity contribution in [1.29, 1.82) is 0 Å². The number of carboxylic acids is 1. The lowest BCUT2D eigenvalue weighted by molar-refractivity contribution is -0.146. The van der Waals surface area contributed by atoms with Crippen molar-refractivity contribution in [3.05, 3.63) is 36.0 Å². The van der Waals surface area contributed by atoms with Crippen LogP contribution in [0.2, 0.25) is 0 Å². The van der Waals surface area contributed by atoms with E-state index in [0.29, 0.717) is 19.3 Å². The van der Waals surface area contributed by atoms with Gasteiger partial charge in [0.15, 0.2) is 0 Å². The molecule has 2 rings (SSSR count). The summed E-state index contributed by atoms with van der Waals surface area (Å²) in [7, 11) is 1.29. The van der Waals surface area contributed by atoms with Crippen LogP contribution < -0.4 is 11.1 Å². The number of aromatic amines is 1. The molecule has 5 N–H and O–H groups in total. The summed E-state index contributed by atoms with van der Waals surface area (Å²) in [6, 6.07) is 7.04. The molecule has 31 heavy (non-hydrogen) atoms. The first kappa shape index (κ1) is 24.4. The predicted molar refractivity (Wildman–Crippen MR) is 118 cm³/mol. The van der Waals surface area contributed by atoms with Crippen LogP contribution in [0.4, 0.5) is 0 Å². The van der Waals surface area contributed by atoms with Gasteiger partial charge in [-0.25, -0.2) is 4.79 Å². The van der Waals surface area contributed by atoms with E-state index in [-0.39, 0.29) is 6.42 Å². The topological polar surface area (TPSA) is 135 Å². The maximum absolute atomic E-state index is 12.9. The van der Waals surface area contributed by atoms with Gasteiger partial charge in [0.2, 0.25) is 5.91 Å². The Morgan fingerprint density at radius 2 is 1.84 bits per heavy atom. The summed E-state index contributed by atoms with van der Waals surface area (Å²) < 4.78 is 4.85. The third-order valence-corrected chi connectivity index (χ3v) is 5.43. The summed E-state index contributed by atoms with van der Waals surface area (Å²) >= 11 is 0. The summed E-state index contributed by atoms with van der Waals surface area (Å²) in [5.74, 6) is -1.69. The molecule has 0 saturated carbocycles. The van der Waals surface area contributed by atoms with Gasteiger partial charge in [-0.05, 0) is 31.4 Å². The minimum atomic E-state index is -1.20. The number of esters is 1. The molecular formula is C23H33N3O5. The molecule has 0 aliphatic rings. The number of carbonyl (C=O) groups is 3. The molecule has 1 aromatic carbocycles. The lowest BCUT2D eigenvalue weighted by Gasteiger charge is -2.26. The number of benzene rings is 1. The number of carboxylic acid groups (broad SMARTS) is 1. The average molecular weight is 432 g/mol. The van der Waals surface area contributed by atoms with Crippen molar-refractivity contribution in [1.82, 2.24) is 10.3 Å². The third-order valence-electron chi connectivity index (χ3n) is 5.43. The van der Waals surface area contributed by atoms with Crippen molar-refractivity contribution >= 4 is 28.7 Å². The molecule has 0 radical (unpaired) electrons. The van der Waals surface area contributed by atoms with Crippen LogP contribution in [0.3, 0.4) is 0 Å². The number of nitrogens with one attached hydrogen (secondary N) is 2. The molecule has 2 aromatic rings. The Balaban J connectivity index is 1.89. The zero-order valence-corrected chi connectivity index (χ0v) is 18.3. The molecule has 170 valence electrons. The molecule has 0 fully saturated rings. The maximum atomic E-state index is 12.9. The van der Waals surface area contributed by atoms with Crippen LogP contribution in [0.5, 0.6) is 0 Å². The number of nitrogens with two attached hydrogens (primary N) is 1. The number of unbranched alkanes of at least 4 members (excludes halogenated alkanes) is 4. The van der Waals surface area contributed by atoms with E-state index < -0.39 is 29.4 Å². The largest absolute Gasteiger partial charge is 0.481 e. The number of hydrogen-bond acceptors (Lipinski definition) is 5. The molecule has 0 spiro atoms. The van der Waals surface area contributed by atoms with Gasteiger partial charge in [0.05, 0.1) is 12.6 Å². The Labute approximate surface area is 182 Å². The third kappa shape index (κ3) is 7.40. The number of hydrogen-bond donors (Lipinski definition) is 4. The fourth-order valence-electron chi connectivity index (χ4n) is 3.62. The van der Waals surface area contributed by atoms with Crippen molar-refractivity contribution in [2.45, 2.75) is 69.9 Å². The molecule has 0 saturated heterocycles. The van der Waals surface area contributed by atoms with E-state index in [9.17, 15) is 14.4 Å². The maximum Gasteiger partial charge on any atom is 0.328 e. The van der Waals surface area contributed by atoms with E-state index in [1.807, 2.05) is 30.5 Å². The molecule has 8 nitrogen and oxygen atoms in total. The fraction of sp³-hybridized carbons (Fsp3) is 0.522. The Kier molecular flexibility index (Phi) is 9.05. The quantitative estimate of drug-likeness (QED) is 0.284. The van der Waals surface area contributed by atoms with Crippen LogP contribution in [0.25, 0.3) is 10.9 Å². The number of carbonyl (C=O) groups excluding carboxylic acids is 2. The van der Waals surface area contributed by atoms with Gasteiger partial charge in [-0.1, -0.05) is 43.9 Å². The second-order valence-corrected chi connectivity index (χ2v) is 8.20. The van der Waals surface area contributed by atoms with Gasteiger partial charge in [-0.2, -0.15) is 0 Å². The first-order valence-corrected chi connectivity index (χ1v) is 10.7. The van der Waals surface area contributed by atoms with E-state index in [2.05, 4.69) is 10.3 Å². The predicted octanol–water partition coefficient (Wildman–Crippen LogP) is 2.90. The minimum Gasteiger partial charge on any atom is -0.481 e. The van der Waals surface area contributed by atoms with E-state index in [0.717, 1.165) is 42.1 Å². The number of para-hydroxylation sites is 1. The lowest BCUT2D eigenvalue weighted by atomic mass is 9.92. The first-order chi connectivity index (χ1) is 14.7. The molecule has 8 heteroatoms. The monoisotopic (exact) mass is 431 g/mol. The van der Waals surface area contributed by atoms with Crippen molar-refractivity contribution in [2.24, 2.45) is 5.73 Å². The standard InChI is InChI=1S/C23H33N3O5/c1-23(24,14-16-15-25-18-11-9-8-10-17(16)18)22(30)26-19(21(29)31-2)12-6-4-3-5-7-13-20(27)28/h8-11,15,19,25H,3-7,12-14,24H2,1-2H3,(H,26,30)(H,27,28)/t19?,23-/m1/s1. The SMILES string of the molecule is COC(=O)C(CCCCCCCC(=O)O)NC(=O)[C@](C)(N)Cc1c[nH]c2ccccc12. The number of amides is 1. The number of H-pyrrole nitrogens is 1. The summed E-state index contributed by atoms with van der Waals surface area (Å²) in [6.07, 6.45) is 6.71. The van der Waals surface area contributed by atoms with Gasteiger partial charge < -0.3 is 25.9 Å². The molecule has 0 aliphatic carbocycles. The van der Waals surface area contributed by atoms with Crippen molar-refractivity contribution in [3.63, 3.8) is 0 Å². The number of ether oxygens (including phenoxy) is 1. The molecule has 1 heterocycles. The Bertz CT molecular complexity index is 890. The second kappa shape index (κ2) is 11.5. The van der Waals surface area contributed by atoms with Crippen LogP contribution in [0, 0.1) is 0 Å². The minimum absolute atomic E-state index is 0.173. The van der Waals surface area contributed by atoms with Gasteiger partial charge in [0.1, 0.15) is 6.04 Å². The van der Waals surface area contributed by atoms with Gasteiger partial charge in [0.25, 0.3) is 0 Å². The highest BCUT2D eigenvalue weighted by molar-refractivity contribution is 5.91. The zero-order chi connectivity index (χ0) is 22.9. The van der Waals surface area contributed by atoms with Crippen LogP contribution in [0.15, 0.2) is 30.5 Å². The van der Waals surface area contributed by atoms with Gasteiger partial charge in [0, 0.05) is 29.9 Å². The second-order valence-electron chi connectivity index (χ2n) is 8.20. The number of rotatable bonds is 13. The highest BCUT2D eigenvalue weighted by atomic mass is 16.5. The van der Waals surface area contributed by atoms with E-state index in [1.54, 1.807) is 6.92 Å². The smallest absolute Gasteiger partial charge is 0.328 e. The Morgan fingerprint density at radius 3 is 2.55 bits per heavy atom. The van der Waals surface area contributed by atoms with Gasteiger partial charge in [-0.3, -0.25) is 9.59 Å². The molecule has 1 aromatic heterocycles. The van der Waals surface area contributed by atoms with Gasteiger partial charge in [-0.15, -0.1) is 0 Å². The highest BCUT2D eigenvalue weighted by Gasteiger charge is 2.33. The lowest BCUT2D eigenvalue weighted by Crippen LogP contribution is -2.57. The summed E-state index contributed by atoms with van der Waals surface area (Å²) in [5, 5.41) is 12.4. The molecule has 2 atom stereocenters. The van der Waals surface area contributed by atoms with E-state index in [4.69, 9.17) is 15.6 Å². The van der Waals surface area contributed by atoms with Crippen molar-refractivity contribution < 1.29 is 24.2 Å². The van der Waals surface area contributed by atoms with Crippen LogP contribution in [-0.2, 0) is 25.5 Å². The molecule has 1 amide bonds. The number of methoxy groups -OCH3 is 1. The fourth-order valence-corrected chi connectivity index (χ4v) is 3.62. The van der Waals surface area contributed by atoms with Crippen LogP contribution in [0.1, 0.15) is 57.4 Å². The van der Waals surface area contributed by atoms with Crippen LogP contribution >= 0.6 is 0 Å². The zero-order valence-electron chi connectivity index (χ0n) is 18.3. The summed E-state index contributed by atoms with van der Waals surface area (Å²) in [5.41, 5.74) is 7.05. The Morgan fingerprint density at radius 1 is 1.16 bits per heavy atom. The highest BCUT2D eigenvalue weighted by Crippen LogP contribution is 2.22. The molecule has 0 aliphatic heterocycles.